The summed E-state index contributed by atoms with van der Waals surface area (Å²) < 4.78 is 0. The highest BCUT2D eigenvalue weighted by molar-refractivity contribution is 5.37. The molecule has 0 aromatic carbocycles. The number of hydrogen-bond donors (Lipinski definition) is 1. The van der Waals surface area contributed by atoms with Crippen molar-refractivity contribution in [2.75, 3.05) is 24.5 Å². The zero-order valence-corrected chi connectivity index (χ0v) is 11.7. The fraction of sp³-hybridized carbons (Fsp3) is 0.714. The highest BCUT2D eigenvalue weighted by Crippen LogP contribution is 2.23. The second-order valence-electron chi connectivity index (χ2n) is 5.23. The van der Waals surface area contributed by atoms with Crippen LogP contribution in [0, 0.1) is 12.8 Å². The number of piperidine rings is 1. The molecule has 100 valence electrons. The summed E-state index contributed by atoms with van der Waals surface area (Å²) >= 11 is 0. The molecule has 1 fully saturated rings. The molecular formula is C14H24N4. The Morgan fingerprint density at radius 2 is 2.28 bits per heavy atom. The number of nitrogens with one attached hydrogen (secondary N) is 1. The smallest absolute Gasteiger partial charge is 0.151 e. The van der Waals surface area contributed by atoms with Crippen molar-refractivity contribution in [3.63, 3.8) is 0 Å². The SMILES string of the molecule is CCNC(C)C1CCCN(c2ccc(C)nn2)C1. The fourth-order valence-corrected chi connectivity index (χ4v) is 2.68. The van der Waals surface area contributed by atoms with Crippen LogP contribution in [-0.2, 0) is 0 Å². The van der Waals surface area contributed by atoms with E-state index in [0.717, 1.165) is 31.1 Å². The van der Waals surface area contributed by atoms with Crippen molar-refractivity contribution in [2.45, 2.75) is 39.7 Å². The molecule has 2 rings (SSSR count). The monoisotopic (exact) mass is 248 g/mol. The molecule has 2 atom stereocenters. The van der Waals surface area contributed by atoms with Crippen LogP contribution in [0.4, 0.5) is 5.82 Å². The number of aromatic nitrogens is 2. The summed E-state index contributed by atoms with van der Waals surface area (Å²) in [7, 11) is 0. The Balaban J connectivity index is 2.00. The molecule has 1 aliphatic rings. The lowest BCUT2D eigenvalue weighted by Crippen LogP contribution is -2.44. The molecule has 0 radical (unpaired) electrons. The Hall–Kier alpha value is -1.16. The Morgan fingerprint density at radius 1 is 1.44 bits per heavy atom. The molecule has 0 spiro atoms. The van der Waals surface area contributed by atoms with Crippen LogP contribution >= 0.6 is 0 Å². The molecule has 0 saturated carbocycles. The van der Waals surface area contributed by atoms with E-state index in [4.69, 9.17) is 0 Å². The van der Waals surface area contributed by atoms with E-state index in [1.165, 1.54) is 12.8 Å². The van der Waals surface area contributed by atoms with Crippen LogP contribution < -0.4 is 10.2 Å². The summed E-state index contributed by atoms with van der Waals surface area (Å²) in [5, 5.41) is 12.0. The van der Waals surface area contributed by atoms with Gasteiger partial charge < -0.3 is 10.2 Å². The lowest BCUT2D eigenvalue weighted by molar-refractivity contribution is 0.323. The molecule has 1 aliphatic heterocycles. The Kier molecular flexibility index (Phi) is 4.53. The van der Waals surface area contributed by atoms with Gasteiger partial charge in [0.25, 0.3) is 0 Å². The maximum atomic E-state index is 4.30. The van der Waals surface area contributed by atoms with Crippen molar-refractivity contribution in [1.29, 1.82) is 0 Å². The van der Waals surface area contributed by atoms with Crippen molar-refractivity contribution >= 4 is 5.82 Å². The van der Waals surface area contributed by atoms with Crippen LogP contribution in [-0.4, -0.2) is 35.9 Å². The molecule has 0 aliphatic carbocycles. The van der Waals surface area contributed by atoms with Crippen molar-refractivity contribution in [1.82, 2.24) is 15.5 Å². The zero-order valence-electron chi connectivity index (χ0n) is 11.7. The summed E-state index contributed by atoms with van der Waals surface area (Å²) in [6, 6.07) is 4.71. The van der Waals surface area contributed by atoms with Gasteiger partial charge in [-0.1, -0.05) is 6.92 Å². The fourth-order valence-electron chi connectivity index (χ4n) is 2.68. The number of anilines is 1. The van der Waals surface area contributed by atoms with E-state index in [9.17, 15) is 0 Å². The van der Waals surface area contributed by atoms with Crippen LogP contribution in [0.15, 0.2) is 12.1 Å². The topological polar surface area (TPSA) is 41.0 Å². The minimum atomic E-state index is 0.580. The van der Waals surface area contributed by atoms with Crippen LogP contribution in [0.3, 0.4) is 0 Å². The maximum Gasteiger partial charge on any atom is 0.151 e. The lowest BCUT2D eigenvalue weighted by Gasteiger charge is -2.36. The third kappa shape index (κ3) is 3.19. The van der Waals surface area contributed by atoms with E-state index in [0.29, 0.717) is 12.0 Å². The predicted molar refractivity (Wildman–Crippen MR) is 74.8 cm³/mol. The summed E-state index contributed by atoms with van der Waals surface area (Å²) in [5.41, 5.74) is 0.980. The summed E-state index contributed by atoms with van der Waals surface area (Å²) in [4.78, 5) is 2.37. The molecule has 2 heterocycles. The van der Waals surface area contributed by atoms with E-state index in [-0.39, 0.29) is 0 Å². The molecule has 0 bridgehead atoms. The highest BCUT2D eigenvalue weighted by atomic mass is 15.3. The van der Waals surface area contributed by atoms with Crippen molar-refractivity contribution in [3.8, 4) is 0 Å². The first-order valence-corrected chi connectivity index (χ1v) is 6.99. The van der Waals surface area contributed by atoms with Crippen LogP contribution in [0.5, 0.6) is 0 Å². The first kappa shape index (κ1) is 13.3. The van der Waals surface area contributed by atoms with Gasteiger partial charge in [0, 0.05) is 19.1 Å². The summed E-state index contributed by atoms with van der Waals surface area (Å²) in [6.07, 6.45) is 2.56. The molecular weight excluding hydrogens is 224 g/mol. The molecule has 1 N–H and O–H groups in total. The van der Waals surface area contributed by atoms with Crippen molar-refractivity contribution in [2.24, 2.45) is 5.92 Å². The van der Waals surface area contributed by atoms with Gasteiger partial charge in [-0.3, -0.25) is 0 Å². The Morgan fingerprint density at radius 3 is 2.94 bits per heavy atom. The van der Waals surface area contributed by atoms with E-state index >= 15 is 0 Å². The van der Waals surface area contributed by atoms with Gasteiger partial charge in [0.2, 0.25) is 0 Å². The zero-order chi connectivity index (χ0) is 13.0. The van der Waals surface area contributed by atoms with Crippen LogP contribution in [0.1, 0.15) is 32.4 Å². The molecule has 4 heteroatoms. The maximum absolute atomic E-state index is 4.30. The number of aryl methyl sites for hydroxylation is 1. The minimum Gasteiger partial charge on any atom is -0.355 e. The van der Waals surface area contributed by atoms with E-state index in [1.807, 2.05) is 13.0 Å². The average Bonchev–Trinajstić information content (AvgIpc) is 2.40. The Bertz CT molecular complexity index is 363. The van der Waals surface area contributed by atoms with Crippen LogP contribution in [0.2, 0.25) is 0 Å². The predicted octanol–water partition coefficient (Wildman–Crippen LogP) is 2.00. The molecule has 0 amide bonds. The van der Waals surface area contributed by atoms with Gasteiger partial charge in [-0.05, 0) is 51.3 Å². The standard InChI is InChI=1S/C14H24N4/c1-4-15-12(3)13-6-5-9-18(10-13)14-8-7-11(2)16-17-14/h7-8,12-13,15H,4-6,9-10H2,1-3H3. The quantitative estimate of drug-likeness (QED) is 0.885. The molecule has 1 saturated heterocycles. The van der Waals surface area contributed by atoms with Gasteiger partial charge in [0.05, 0.1) is 5.69 Å². The van der Waals surface area contributed by atoms with E-state index in [2.05, 4.69) is 40.3 Å². The van der Waals surface area contributed by atoms with Crippen LogP contribution in [0.25, 0.3) is 0 Å². The molecule has 1 aromatic rings. The molecule has 18 heavy (non-hydrogen) atoms. The first-order valence-electron chi connectivity index (χ1n) is 6.99. The average molecular weight is 248 g/mol. The normalized spacial score (nSPS) is 21.9. The third-order valence-corrected chi connectivity index (χ3v) is 3.80. The number of rotatable bonds is 4. The minimum absolute atomic E-state index is 0.580. The molecule has 2 unspecified atom stereocenters. The largest absolute Gasteiger partial charge is 0.355 e. The van der Waals surface area contributed by atoms with Gasteiger partial charge in [-0.2, -0.15) is 5.10 Å². The third-order valence-electron chi connectivity index (χ3n) is 3.80. The molecule has 4 nitrogen and oxygen atoms in total. The van der Waals surface area contributed by atoms with Gasteiger partial charge >= 0.3 is 0 Å². The summed E-state index contributed by atoms with van der Waals surface area (Å²) in [6.45, 7) is 9.67. The lowest BCUT2D eigenvalue weighted by atomic mass is 9.91. The first-order chi connectivity index (χ1) is 8.70. The van der Waals surface area contributed by atoms with Crippen molar-refractivity contribution in [3.05, 3.63) is 17.8 Å². The van der Waals surface area contributed by atoms with E-state index < -0.39 is 0 Å². The second kappa shape index (κ2) is 6.14. The molecule has 1 aromatic heterocycles. The van der Waals surface area contributed by atoms with Gasteiger partial charge in [-0.25, -0.2) is 0 Å². The second-order valence-corrected chi connectivity index (χ2v) is 5.23. The number of nitrogens with zero attached hydrogens (tertiary/aromatic N) is 3. The van der Waals surface area contributed by atoms with Gasteiger partial charge in [-0.15, -0.1) is 5.10 Å². The Labute approximate surface area is 110 Å². The van der Waals surface area contributed by atoms with Crippen molar-refractivity contribution < 1.29 is 0 Å². The van der Waals surface area contributed by atoms with Gasteiger partial charge in [0.15, 0.2) is 5.82 Å². The summed E-state index contributed by atoms with van der Waals surface area (Å²) in [5.74, 6) is 1.73. The van der Waals surface area contributed by atoms with Gasteiger partial charge in [0.1, 0.15) is 0 Å². The van der Waals surface area contributed by atoms with E-state index in [1.54, 1.807) is 0 Å². The highest BCUT2D eigenvalue weighted by Gasteiger charge is 2.24. The number of hydrogen-bond acceptors (Lipinski definition) is 4.